The Bertz CT molecular complexity index is 562. The lowest BCUT2D eigenvalue weighted by atomic mass is 10.2. The first-order valence-electron chi connectivity index (χ1n) is 3.75. The molecule has 0 aliphatic carbocycles. The van der Waals surface area contributed by atoms with Gasteiger partial charge in [0, 0.05) is 5.02 Å². The number of nitrogens with two attached hydrogens (primary N) is 1. The lowest BCUT2D eigenvalue weighted by molar-refractivity contribution is 0.605. The lowest BCUT2D eigenvalue weighted by Gasteiger charge is -2.00. The average molecular weight is 230 g/mol. The van der Waals surface area contributed by atoms with Crippen molar-refractivity contribution in [3.63, 3.8) is 0 Å². The predicted octanol–water partition coefficient (Wildman–Crippen LogP) is 2.68. The van der Waals surface area contributed by atoms with Gasteiger partial charge in [-0.3, -0.25) is 4.79 Å². The molecule has 72 valence electrons. The smallest absolute Gasteiger partial charge is 0.215 e. The van der Waals surface area contributed by atoms with Crippen molar-refractivity contribution >= 4 is 39.9 Å². The molecule has 0 bridgehead atoms. The van der Waals surface area contributed by atoms with E-state index in [2.05, 4.69) is 0 Å². The van der Waals surface area contributed by atoms with E-state index in [1.807, 2.05) is 0 Å². The van der Waals surface area contributed by atoms with Crippen LogP contribution in [0.4, 0.5) is 5.69 Å². The van der Waals surface area contributed by atoms with Gasteiger partial charge in [-0.2, -0.15) is 0 Å². The average Bonchev–Trinajstić information content (AvgIpc) is 2.12. The molecule has 2 rings (SSSR count). The van der Waals surface area contributed by atoms with Gasteiger partial charge in [0.1, 0.15) is 12.0 Å². The second-order valence-corrected chi connectivity index (χ2v) is 3.63. The monoisotopic (exact) mass is 229 g/mol. The van der Waals surface area contributed by atoms with E-state index in [4.69, 9.17) is 33.4 Å². The topological polar surface area (TPSA) is 56.2 Å². The van der Waals surface area contributed by atoms with Crippen LogP contribution < -0.4 is 11.2 Å². The first kappa shape index (κ1) is 9.37. The van der Waals surface area contributed by atoms with Crippen molar-refractivity contribution in [2.75, 3.05) is 5.73 Å². The van der Waals surface area contributed by atoms with Crippen molar-refractivity contribution < 1.29 is 4.42 Å². The van der Waals surface area contributed by atoms with Crippen molar-refractivity contribution in [1.82, 2.24) is 0 Å². The Morgan fingerprint density at radius 3 is 2.71 bits per heavy atom. The van der Waals surface area contributed by atoms with Gasteiger partial charge in [0.25, 0.3) is 0 Å². The molecular formula is C9H5Cl2NO2. The van der Waals surface area contributed by atoms with Crippen LogP contribution >= 0.6 is 23.2 Å². The molecule has 1 heterocycles. The molecule has 2 N–H and O–H groups in total. The summed E-state index contributed by atoms with van der Waals surface area (Å²) in [5, 5.41) is 0.965. The van der Waals surface area contributed by atoms with E-state index in [9.17, 15) is 4.79 Å². The molecule has 0 saturated heterocycles. The minimum Gasteiger partial charge on any atom is -0.460 e. The summed E-state index contributed by atoms with van der Waals surface area (Å²) in [5.41, 5.74) is 5.41. The van der Waals surface area contributed by atoms with Gasteiger partial charge in [0.15, 0.2) is 5.58 Å². The standard InChI is InChI=1S/C9H5Cl2NO2/c10-4-1-5-8(13)7(12)3-14-9(5)6(11)2-4/h1-3H,12H2. The molecular weight excluding hydrogens is 225 g/mol. The number of halogens is 2. The molecule has 0 radical (unpaired) electrons. The zero-order valence-electron chi connectivity index (χ0n) is 6.88. The predicted molar refractivity (Wildman–Crippen MR) is 56.9 cm³/mol. The Kier molecular flexibility index (Phi) is 2.13. The third-order valence-corrected chi connectivity index (χ3v) is 2.32. The Morgan fingerprint density at radius 1 is 1.29 bits per heavy atom. The van der Waals surface area contributed by atoms with Gasteiger partial charge in [0.05, 0.1) is 10.4 Å². The second kappa shape index (κ2) is 3.19. The molecule has 3 nitrogen and oxygen atoms in total. The van der Waals surface area contributed by atoms with Gasteiger partial charge in [-0.25, -0.2) is 0 Å². The van der Waals surface area contributed by atoms with Crippen LogP contribution in [0.25, 0.3) is 11.0 Å². The van der Waals surface area contributed by atoms with Crippen LogP contribution in [0, 0.1) is 0 Å². The number of benzene rings is 1. The molecule has 1 aromatic carbocycles. The molecule has 0 aliphatic heterocycles. The minimum atomic E-state index is -0.323. The van der Waals surface area contributed by atoms with Crippen LogP contribution in [0.2, 0.25) is 10.0 Å². The van der Waals surface area contributed by atoms with Gasteiger partial charge in [-0.05, 0) is 12.1 Å². The summed E-state index contributed by atoms with van der Waals surface area (Å²) < 4.78 is 5.09. The zero-order chi connectivity index (χ0) is 10.3. The molecule has 0 aliphatic rings. The third kappa shape index (κ3) is 1.35. The largest absolute Gasteiger partial charge is 0.460 e. The maximum atomic E-state index is 11.5. The molecule has 1 aromatic heterocycles. The number of rotatable bonds is 0. The normalized spacial score (nSPS) is 10.7. The van der Waals surface area contributed by atoms with E-state index in [-0.39, 0.29) is 11.1 Å². The third-order valence-electron chi connectivity index (χ3n) is 1.82. The van der Waals surface area contributed by atoms with Crippen LogP contribution in [0.15, 0.2) is 27.6 Å². The molecule has 5 heteroatoms. The first-order valence-corrected chi connectivity index (χ1v) is 4.51. The van der Waals surface area contributed by atoms with Crippen molar-refractivity contribution in [1.29, 1.82) is 0 Å². The highest BCUT2D eigenvalue weighted by molar-refractivity contribution is 6.38. The molecule has 0 unspecified atom stereocenters. The van der Waals surface area contributed by atoms with E-state index in [1.54, 1.807) is 0 Å². The first-order chi connectivity index (χ1) is 6.59. The number of nitrogen functional groups attached to an aromatic ring is 1. The maximum Gasteiger partial charge on any atom is 0.215 e. The van der Waals surface area contributed by atoms with Crippen LogP contribution in [-0.4, -0.2) is 0 Å². The fourth-order valence-corrected chi connectivity index (χ4v) is 1.72. The fraction of sp³-hybridized carbons (Fsp3) is 0. The highest BCUT2D eigenvalue weighted by Crippen LogP contribution is 2.26. The molecule has 0 spiro atoms. The minimum absolute atomic E-state index is 0.0378. The summed E-state index contributed by atoms with van der Waals surface area (Å²) >= 11 is 11.6. The Morgan fingerprint density at radius 2 is 2.00 bits per heavy atom. The molecule has 0 fully saturated rings. The van der Waals surface area contributed by atoms with Crippen molar-refractivity contribution in [3.8, 4) is 0 Å². The zero-order valence-corrected chi connectivity index (χ0v) is 8.39. The van der Waals surface area contributed by atoms with Crippen molar-refractivity contribution in [2.24, 2.45) is 0 Å². The van der Waals surface area contributed by atoms with Crippen molar-refractivity contribution in [3.05, 3.63) is 38.7 Å². The molecule has 2 aromatic rings. The Hall–Kier alpha value is -1.19. The lowest BCUT2D eigenvalue weighted by Crippen LogP contribution is -2.07. The van der Waals surface area contributed by atoms with E-state index >= 15 is 0 Å². The van der Waals surface area contributed by atoms with E-state index in [0.717, 1.165) is 0 Å². The summed E-state index contributed by atoms with van der Waals surface area (Å²) in [7, 11) is 0. The summed E-state index contributed by atoms with van der Waals surface area (Å²) in [4.78, 5) is 11.5. The summed E-state index contributed by atoms with van der Waals surface area (Å²) in [5.74, 6) is 0. The quantitative estimate of drug-likeness (QED) is 0.756. The Balaban J connectivity index is 3.03. The van der Waals surface area contributed by atoms with E-state index < -0.39 is 0 Å². The Labute approximate surface area is 89.0 Å². The van der Waals surface area contributed by atoms with Gasteiger partial charge in [-0.15, -0.1) is 0 Å². The second-order valence-electron chi connectivity index (χ2n) is 2.78. The van der Waals surface area contributed by atoms with Crippen LogP contribution in [0.5, 0.6) is 0 Å². The van der Waals surface area contributed by atoms with Gasteiger partial charge in [0.2, 0.25) is 5.43 Å². The van der Waals surface area contributed by atoms with Gasteiger partial charge in [-0.1, -0.05) is 23.2 Å². The van der Waals surface area contributed by atoms with E-state index in [0.29, 0.717) is 21.0 Å². The summed E-state index contributed by atoms with van der Waals surface area (Å²) in [6.07, 6.45) is 1.17. The van der Waals surface area contributed by atoms with Crippen molar-refractivity contribution in [2.45, 2.75) is 0 Å². The van der Waals surface area contributed by atoms with Gasteiger partial charge >= 0.3 is 0 Å². The molecule has 0 amide bonds. The van der Waals surface area contributed by atoms with Crippen LogP contribution in [0.3, 0.4) is 0 Å². The highest BCUT2D eigenvalue weighted by atomic mass is 35.5. The number of anilines is 1. The number of fused-ring (bicyclic) bond motifs is 1. The van der Waals surface area contributed by atoms with Crippen LogP contribution in [-0.2, 0) is 0 Å². The molecule has 0 atom stereocenters. The van der Waals surface area contributed by atoms with Crippen LogP contribution in [0.1, 0.15) is 0 Å². The maximum absolute atomic E-state index is 11.5. The summed E-state index contributed by atoms with van der Waals surface area (Å²) in [6, 6.07) is 2.98. The fourth-order valence-electron chi connectivity index (χ4n) is 1.18. The number of hydrogen-bond donors (Lipinski definition) is 1. The SMILES string of the molecule is Nc1coc2c(Cl)cc(Cl)cc2c1=O. The van der Waals surface area contributed by atoms with Gasteiger partial charge < -0.3 is 10.2 Å². The van der Waals surface area contributed by atoms with E-state index in [1.165, 1.54) is 18.4 Å². The summed E-state index contributed by atoms with van der Waals surface area (Å²) in [6.45, 7) is 0. The molecule has 14 heavy (non-hydrogen) atoms. The number of hydrogen-bond acceptors (Lipinski definition) is 3. The molecule has 0 saturated carbocycles. The highest BCUT2D eigenvalue weighted by Gasteiger charge is 2.08.